The molecule has 1 aromatic heterocycles. The van der Waals surface area contributed by atoms with Gasteiger partial charge in [0.2, 0.25) is 23.6 Å². The summed E-state index contributed by atoms with van der Waals surface area (Å²) in [5.41, 5.74) is 8.92. The first-order valence-electron chi connectivity index (χ1n) is 24.5. The lowest BCUT2D eigenvalue weighted by molar-refractivity contribution is -0.138. The minimum absolute atomic E-state index is 0.0405. The Morgan fingerprint density at radius 3 is 2.27 bits per heavy atom. The monoisotopic (exact) mass is 972 g/mol. The van der Waals surface area contributed by atoms with Gasteiger partial charge in [0.05, 0.1) is 37.0 Å². The SMILES string of the molecule is NC(=O)c1c(-c2ccc(Oc3ccccc3)cc2)nn2c1NCC[C@H]2C1CCN(C(=O)COCCOCCNC(=O)CCCN2CCN(c3ccc4c(c3)C(=O)N(C3CCC(=O)NC3=O)C4=O)CC2)CC1. The van der Waals surface area contributed by atoms with Crippen molar-refractivity contribution in [1.82, 2.24) is 35.1 Å². The number of nitrogens with one attached hydrogen (secondary N) is 3. The molecule has 4 aromatic rings. The van der Waals surface area contributed by atoms with Crippen molar-refractivity contribution in [3.63, 3.8) is 0 Å². The number of carbonyl (C=O) groups is 7. The van der Waals surface area contributed by atoms with Crippen molar-refractivity contribution in [2.24, 2.45) is 11.7 Å². The summed E-state index contributed by atoms with van der Waals surface area (Å²) in [4.78, 5) is 96.0. The Hall–Kier alpha value is -7.16. The first-order chi connectivity index (χ1) is 34.5. The Kier molecular flexibility index (Phi) is 15.3. The molecule has 5 N–H and O–H groups in total. The predicted molar refractivity (Wildman–Crippen MR) is 260 cm³/mol. The van der Waals surface area contributed by atoms with E-state index in [-0.39, 0.29) is 61.0 Å². The molecule has 20 heteroatoms. The van der Waals surface area contributed by atoms with Crippen LogP contribution in [0.2, 0.25) is 0 Å². The Morgan fingerprint density at radius 2 is 1.52 bits per heavy atom. The Bertz CT molecular complexity index is 2630. The van der Waals surface area contributed by atoms with Crippen LogP contribution in [-0.4, -0.2) is 157 Å². The molecule has 3 aromatic carbocycles. The van der Waals surface area contributed by atoms with Crippen LogP contribution in [0.3, 0.4) is 0 Å². The summed E-state index contributed by atoms with van der Waals surface area (Å²) in [6, 6.07) is 21.2. The number of hydrogen-bond donors (Lipinski definition) is 4. The molecule has 5 aliphatic heterocycles. The molecule has 1 unspecified atom stereocenters. The van der Waals surface area contributed by atoms with E-state index in [0.29, 0.717) is 88.1 Å². The molecule has 71 heavy (non-hydrogen) atoms. The van der Waals surface area contributed by atoms with E-state index >= 15 is 0 Å². The zero-order valence-electron chi connectivity index (χ0n) is 39.6. The van der Waals surface area contributed by atoms with Crippen molar-refractivity contribution in [3.05, 3.63) is 89.5 Å². The summed E-state index contributed by atoms with van der Waals surface area (Å²) in [5.74, 6) is -0.490. The number of para-hydroxylation sites is 1. The van der Waals surface area contributed by atoms with Gasteiger partial charge in [-0.2, -0.15) is 5.10 Å². The Balaban J connectivity index is 0.622. The van der Waals surface area contributed by atoms with Crippen molar-refractivity contribution in [1.29, 1.82) is 0 Å². The summed E-state index contributed by atoms with van der Waals surface area (Å²) >= 11 is 0. The lowest BCUT2D eigenvalue weighted by atomic mass is 9.87. The second-order valence-electron chi connectivity index (χ2n) is 18.4. The van der Waals surface area contributed by atoms with Gasteiger partial charge in [-0.3, -0.25) is 48.7 Å². The van der Waals surface area contributed by atoms with Crippen LogP contribution in [-0.2, 0) is 28.7 Å². The summed E-state index contributed by atoms with van der Waals surface area (Å²) < 4.78 is 19.2. The van der Waals surface area contributed by atoms with Crippen LogP contribution < -0.4 is 31.3 Å². The normalized spacial score (nSPS) is 19.5. The molecule has 6 heterocycles. The van der Waals surface area contributed by atoms with Crippen molar-refractivity contribution in [3.8, 4) is 22.8 Å². The van der Waals surface area contributed by atoms with Crippen LogP contribution in [0.4, 0.5) is 11.5 Å². The van der Waals surface area contributed by atoms with E-state index in [1.54, 1.807) is 12.1 Å². The molecule has 3 fully saturated rings. The third-order valence-electron chi connectivity index (χ3n) is 14.0. The van der Waals surface area contributed by atoms with Gasteiger partial charge in [-0.1, -0.05) is 18.2 Å². The fourth-order valence-electron chi connectivity index (χ4n) is 10.2. The van der Waals surface area contributed by atoms with Gasteiger partial charge >= 0.3 is 0 Å². The lowest BCUT2D eigenvalue weighted by Gasteiger charge is -2.38. The van der Waals surface area contributed by atoms with Crippen LogP contribution in [0, 0.1) is 5.92 Å². The van der Waals surface area contributed by atoms with E-state index in [2.05, 4.69) is 25.8 Å². The number of amides is 7. The van der Waals surface area contributed by atoms with Gasteiger partial charge in [0.15, 0.2) is 0 Å². The number of piperazine rings is 1. The number of imide groups is 2. The molecule has 3 saturated heterocycles. The number of benzene rings is 3. The largest absolute Gasteiger partial charge is 0.457 e. The number of nitrogens with zero attached hydrogens (tertiary/aromatic N) is 6. The molecular formula is C51H60N10O10. The number of nitrogens with two attached hydrogens (primary N) is 1. The molecule has 374 valence electrons. The number of fused-ring (bicyclic) bond motifs is 2. The second kappa shape index (κ2) is 22.3. The highest BCUT2D eigenvalue weighted by atomic mass is 16.5. The van der Waals surface area contributed by atoms with Crippen LogP contribution >= 0.6 is 0 Å². The first kappa shape index (κ1) is 48.8. The molecule has 0 saturated carbocycles. The van der Waals surface area contributed by atoms with E-state index in [1.165, 1.54) is 0 Å². The molecule has 7 amide bonds. The molecule has 0 bridgehead atoms. The van der Waals surface area contributed by atoms with E-state index in [1.807, 2.05) is 70.2 Å². The third kappa shape index (κ3) is 11.2. The number of rotatable bonds is 19. The summed E-state index contributed by atoms with van der Waals surface area (Å²) in [6.45, 7) is 6.79. The minimum atomic E-state index is -1.00. The average molecular weight is 973 g/mol. The summed E-state index contributed by atoms with van der Waals surface area (Å²) in [7, 11) is 0. The lowest BCUT2D eigenvalue weighted by Crippen LogP contribution is -2.54. The van der Waals surface area contributed by atoms with Gasteiger partial charge in [0.1, 0.15) is 41.2 Å². The van der Waals surface area contributed by atoms with Gasteiger partial charge in [0.25, 0.3) is 17.7 Å². The van der Waals surface area contributed by atoms with Crippen LogP contribution in [0.15, 0.2) is 72.8 Å². The van der Waals surface area contributed by atoms with Crippen molar-refractivity contribution in [2.45, 2.75) is 57.0 Å². The molecular weight excluding hydrogens is 913 g/mol. The molecule has 2 atom stereocenters. The zero-order chi connectivity index (χ0) is 49.4. The average Bonchev–Trinajstić information content (AvgIpc) is 3.90. The van der Waals surface area contributed by atoms with E-state index in [0.717, 1.165) is 60.8 Å². The van der Waals surface area contributed by atoms with E-state index < -0.39 is 35.6 Å². The Morgan fingerprint density at radius 1 is 0.789 bits per heavy atom. The van der Waals surface area contributed by atoms with E-state index in [4.69, 9.17) is 25.0 Å². The maximum absolute atomic E-state index is 13.3. The topological polar surface area (TPSA) is 240 Å². The molecule has 0 aliphatic carbocycles. The van der Waals surface area contributed by atoms with Crippen molar-refractivity contribution < 1.29 is 47.8 Å². The Labute approximate surface area is 411 Å². The third-order valence-corrected chi connectivity index (χ3v) is 14.0. The molecule has 0 spiro atoms. The van der Waals surface area contributed by atoms with Gasteiger partial charge < -0.3 is 40.4 Å². The maximum atomic E-state index is 13.3. The number of primary amides is 1. The maximum Gasteiger partial charge on any atom is 0.262 e. The number of aromatic nitrogens is 2. The highest BCUT2D eigenvalue weighted by Crippen LogP contribution is 2.40. The standard InChI is InChI=1S/C51H60N10O10/c52-47(65)45-46(34-8-11-37(12-9-34)71-36-5-2-1-3-6-36)56-61-40(16-19-54-48(45)61)33-17-22-59(23-18-33)44(64)32-70-30-29-69-28-20-53-42(62)7-4-21-57-24-26-58(27-25-57)35-10-13-38-39(31-35)51(68)60(50(38)67)41-14-15-43(63)55-49(41)66/h1-3,5-6,8-13,31,33,40-41,54H,4,7,14-30,32H2,(H2,52,65)(H,53,62)(H,55,63,66)/t40-,41?/m0/s1. The quantitative estimate of drug-likeness (QED) is 0.0780. The fourth-order valence-corrected chi connectivity index (χ4v) is 10.2. The molecule has 9 rings (SSSR count). The number of piperidine rings is 2. The first-order valence-corrected chi connectivity index (χ1v) is 24.5. The highest BCUT2D eigenvalue weighted by molar-refractivity contribution is 6.23. The van der Waals surface area contributed by atoms with Gasteiger partial charge in [-0.05, 0) is 99.2 Å². The number of carbonyl (C=O) groups excluding carboxylic acids is 7. The van der Waals surface area contributed by atoms with Crippen LogP contribution in [0.5, 0.6) is 11.5 Å². The molecule has 5 aliphatic rings. The number of ether oxygens (including phenoxy) is 3. The second-order valence-corrected chi connectivity index (χ2v) is 18.4. The summed E-state index contributed by atoms with van der Waals surface area (Å²) in [5, 5.41) is 13.4. The zero-order valence-corrected chi connectivity index (χ0v) is 39.6. The highest BCUT2D eigenvalue weighted by Gasteiger charge is 2.45. The van der Waals surface area contributed by atoms with E-state index in [9.17, 15) is 33.6 Å². The van der Waals surface area contributed by atoms with Gasteiger partial charge in [-0.15, -0.1) is 0 Å². The fraction of sp³-hybridized carbons (Fsp3) is 0.451. The van der Waals surface area contributed by atoms with Crippen molar-refractivity contribution in [2.75, 3.05) is 95.5 Å². The summed E-state index contributed by atoms with van der Waals surface area (Å²) in [6.07, 6.45) is 3.67. The molecule has 20 nitrogen and oxygen atoms in total. The smallest absolute Gasteiger partial charge is 0.262 e. The number of likely N-dealkylation sites (tertiary alicyclic amines) is 1. The molecule has 0 radical (unpaired) electrons. The van der Waals surface area contributed by atoms with Gasteiger partial charge in [0, 0.05) is 76.5 Å². The number of hydrogen-bond acceptors (Lipinski definition) is 14. The van der Waals surface area contributed by atoms with Crippen molar-refractivity contribution >= 4 is 52.9 Å². The predicted octanol–water partition coefficient (Wildman–Crippen LogP) is 3.19. The van der Waals surface area contributed by atoms with Gasteiger partial charge in [-0.25, -0.2) is 4.68 Å². The van der Waals surface area contributed by atoms with Crippen LogP contribution in [0.25, 0.3) is 11.3 Å². The number of anilines is 2. The van der Waals surface area contributed by atoms with Crippen LogP contribution in [0.1, 0.15) is 82.1 Å². The minimum Gasteiger partial charge on any atom is -0.457 e.